The van der Waals surface area contributed by atoms with Crippen molar-refractivity contribution in [1.82, 2.24) is 4.57 Å². The van der Waals surface area contributed by atoms with Crippen molar-refractivity contribution in [3.63, 3.8) is 0 Å². The van der Waals surface area contributed by atoms with Crippen molar-refractivity contribution in [2.75, 3.05) is 11.5 Å². The Bertz CT molecular complexity index is 773. The Morgan fingerprint density at radius 2 is 1.16 bits per heavy atom. The summed E-state index contributed by atoms with van der Waals surface area (Å²) in [5.41, 5.74) is 16.2. The average Bonchev–Trinajstić information content (AvgIpc) is 2.89. The molecule has 3 heteroatoms. The van der Waals surface area contributed by atoms with E-state index in [2.05, 4.69) is 35.8 Å². The highest BCUT2D eigenvalue weighted by Crippen LogP contribution is 2.32. The minimum Gasteiger partial charge on any atom is -0.399 e. The van der Waals surface area contributed by atoms with Gasteiger partial charge in [-0.05, 0) is 30.7 Å². The van der Waals surface area contributed by atoms with E-state index in [0.29, 0.717) is 0 Å². The highest BCUT2D eigenvalue weighted by molar-refractivity contribution is 6.09. The van der Waals surface area contributed by atoms with Gasteiger partial charge in [0.25, 0.3) is 0 Å². The van der Waals surface area contributed by atoms with Gasteiger partial charge in [-0.25, -0.2) is 0 Å². The third-order valence-corrected chi connectivity index (χ3v) is 5.15. The topological polar surface area (TPSA) is 57.0 Å². The summed E-state index contributed by atoms with van der Waals surface area (Å²) in [5, 5.41) is 2.53. The SMILES string of the molecule is CCCCCCCCCCn1c2cc(N)ccc2c2ccc(N)cc21. The Labute approximate surface area is 151 Å². The van der Waals surface area contributed by atoms with E-state index >= 15 is 0 Å². The van der Waals surface area contributed by atoms with Crippen LogP contribution in [0.1, 0.15) is 58.3 Å². The van der Waals surface area contributed by atoms with Crippen LogP contribution in [-0.2, 0) is 6.54 Å². The molecule has 1 aromatic heterocycles. The zero-order chi connectivity index (χ0) is 17.6. The van der Waals surface area contributed by atoms with Crippen molar-refractivity contribution < 1.29 is 0 Å². The monoisotopic (exact) mass is 337 g/mol. The van der Waals surface area contributed by atoms with Gasteiger partial charge in [-0.15, -0.1) is 0 Å². The molecule has 3 aromatic rings. The van der Waals surface area contributed by atoms with Gasteiger partial charge in [0.15, 0.2) is 0 Å². The molecule has 4 N–H and O–H groups in total. The highest BCUT2D eigenvalue weighted by Gasteiger charge is 2.11. The van der Waals surface area contributed by atoms with Crippen LogP contribution in [0.5, 0.6) is 0 Å². The van der Waals surface area contributed by atoms with Gasteiger partial charge >= 0.3 is 0 Å². The van der Waals surface area contributed by atoms with Crippen LogP contribution in [0.4, 0.5) is 11.4 Å². The normalized spacial score (nSPS) is 11.6. The molecule has 0 spiro atoms. The number of aromatic nitrogens is 1. The molecule has 0 saturated heterocycles. The lowest BCUT2D eigenvalue weighted by atomic mass is 10.1. The summed E-state index contributed by atoms with van der Waals surface area (Å²) in [6, 6.07) is 12.4. The van der Waals surface area contributed by atoms with Crippen LogP contribution in [0.25, 0.3) is 21.8 Å². The molecule has 1 heterocycles. The fraction of sp³-hybridized carbons (Fsp3) is 0.455. The number of hydrogen-bond donors (Lipinski definition) is 2. The lowest BCUT2D eigenvalue weighted by molar-refractivity contribution is 0.553. The first-order valence-electron chi connectivity index (χ1n) is 9.77. The number of unbranched alkanes of at least 4 members (excludes halogenated alkanes) is 7. The number of benzene rings is 2. The molecule has 0 aliphatic carbocycles. The summed E-state index contributed by atoms with van der Waals surface area (Å²) in [7, 11) is 0. The molecule has 134 valence electrons. The lowest BCUT2D eigenvalue weighted by Crippen LogP contribution is -1.99. The second-order valence-electron chi connectivity index (χ2n) is 7.18. The summed E-state index contributed by atoms with van der Waals surface area (Å²) in [6.07, 6.45) is 10.7. The minimum atomic E-state index is 0.820. The van der Waals surface area contributed by atoms with Gasteiger partial charge in [-0.2, -0.15) is 0 Å². The van der Waals surface area contributed by atoms with Gasteiger partial charge in [0.2, 0.25) is 0 Å². The number of fused-ring (bicyclic) bond motifs is 3. The summed E-state index contributed by atoms with van der Waals surface area (Å²) in [5.74, 6) is 0. The standard InChI is InChI=1S/C22H31N3/c1-2-3-4-5-6-7-8-9-14-25-21-15-17(23)10-12-19(21)20-13-11-18(24)16-22(20)25/h10-13,15-16H,2-9,14,23-24H2,1H3. The van der Waals surface area contributed by atoms with Crippen LogP contribution in [0.3, 0.4) is 0 Å². The van der Waals surface area contributed by atoms with E-state index in [4.69, 9.17) is 11.5 Å². The lowest BCUT2D eigenvalue weighted by Gasteiger charge is -2.08. The van der Waals surface area contributed by atoms with Crippen LogP contribution < -0.4 is 11.5 Å². The number of hydrogen-bond acceptors (Lipinski definition) is 2. The summed E-state index contributed by atoms with van der Waals surface area (Å²) < 4.78 is 2.40. The summed E-state index contributed by atoms with van der Waals surface area (Å²) in [4.78, 5) is 0. The molecule has 0 radical (unpaired) electrons. The number of rotatable bonds is 9. The molecule has 3 nitrogen and oxygen atoms in total. The Morgan fingerprint density at radius 3 is 1.68 bits per heavy atom. The first-order chi connectivity index (χ1) is 12.2. The number of nitrogens with two attached hydrogens (primary N) is 2. The van der Waals surface area contributed by atoms with Crippen LogP contribution in [0.2, 0.25) is 0 Å². The summed E-state index contributed by atoms with van der Waals surface area (Å²) in [6.45, 7) is 3.30. The van der Waals surface area contributed by atoms with Crippen molar-refractivity contribution >= 4 is 33.2 Å². The van der Waals surface area contributed by atoms with Crippen LogP contribution >= 0.6 is 0 Å². The van der Waals surface area contributed by atoms with Crippen LogP contribution in [0.15, 0.2) is 36.4 Å². The van der Waals surface area contributed by atoms with E-state index in [1.54, 1.807) is 0 Å². The molecule has 3 rings (SSSR count). The first kappa shape index (κ1) is 17.7. The van der Waals surface area contributed by atoms with E-state index in [1.807, 2.05) is 12.1 Å². The smallest absolute Gasteiger partial charge is 0.0512 e. The largest absolute Gasteiger partial charge is 0.399 e. The van der Waals surface area contributed by atoms with Gasteiger partial charge in [0, 0.05) is 28.7 Å². The van der Waals surface area contributed by atoms with E-state index < -0.39 is 0 Å². The van der Waals surface area contributed by atoms with Crippen molar-refractivity contribution in [2.24, 2.45) is 0 Å². The molecule has 0 fully saturated rings. The molecule has 25 heavy (non-hydrogen) atoms. The van der Waals surface area contributed by atoms with Gasteiger partial charge in [0.1, 0.15) is 0 Å². The molecule has 0 saturated carbocycles. The molecule has 0 atom stereocenters. The maximum Gasteiger partial charge on any atom is 0.0512 e. The van der Waals surface area contributed by atoms with Gasteiger partial charge in [-0.1, -0.05) is 64.0 Å². The molecule has 0 aliphatic heterocycles. The van der Waals surface area contributed by atoms with Gasteiger partial charge in [-0.3, -0.25) is 0 Å². The predicted octanol–water partition coefficient (Wildman–Crippen LogP) is 6.10. The fourth-order valence-corrected chi connectivity index (χ4v) is 3.77. The predicted molar refractivity (Wildman–Crippen MR) is 111 cm³/mol. The molecule has 0 aliphatic rings. The van der Waals surface area contributed by atoms with E-state index in [-0.39, 0.29) is 0 Å². The van der Waals surface area contributed by atoms with Crippen LogP contribution in [-0.4, -0.2) is 4.57 Å². The maximum absolute atomic E-state index is 6.04. The molecular weight excluding hydrogens is 306 g/mol. The number of nitrogens with zero attached hydrogens (tertiary/aromatic N) is 1. The second-order valence-corrected chi connectivity index (χ2v) is 7.18. The van der Waals surface area contributed by atoms with E-state index in [9.17, 15) is 0 Å². The first-order valence-corrected chi connectivity index (χ1v) is 9.77. The van der Waals surface area contributed by atoms with Crippen molar-refractivity contribution in [2.45, 2.75) is 64.8 Å². The highest BCUT2D eigenvalue weighted by atomic mass is 15.0. The number of aryl methyl sites for hydroxylation is 1. The summed E-state index contributed by atoms with van der Waals surface area (Å²) >= 11 is 0. The second kappa shape index (κ2) is 8.28. The molecule has 0 unspecified atom stereocenters. The molecule has 0 amide bonds. The zero-order valence-electron chi connectivity index (χ0n) is 15.4. The van der Waals surface area contributed by atoms with E-state index in [0.717, 1.165) is 17.9 Å². The van der Waals surface area contributed by atoms with Crippen molar-refractivity contribution in [3.05, 3.63) is 36.4 Å². The molecule has 2 aromatic carbocycles. The molecular formula is C22H31N3. The Kier molecular flexibility index (Phi) is 5.85. The van der Waals surface area contributed by atoms with Crippen LogP contribution in [0, 0.1) is 0 Å². The third kappa shape index (κ3) is 4.09. The number of nitrogen functional groups attached to an aromatic ring is 2. The van der Waals surface area contributed by atoms with E-state index in [1.165, 1.54) is 73.2 Å². The zero-order valence-corrected chi connectivity index (χ0v) is 15.4. The van der Waals surface area contributed by atoms with Gasteiger partial charge in [0.05, 0.1) is 11.0 Å². The Morgan fingerprint density at radius 1 is 0.680 bits per heavy atom. The average molecular weight is 338 g/mol. The third-order valence-electron chi connectivity index (χ3n) is 5.15. The number of anilines is 2. The van der Waals surface area contributed by atoms with Crippen molar-refractivity contribution in [3.8, 4) is 0 Å². The Balaban J connectivity index is 1.71. The van der Waals surface area contributed by atoms with Crippen molar-refractivity contribution in [1.29, 1.82) is 0 Å². The molecule has 0 bridgehead atoms. The van der Waals surface area contributed by atoms with Gasteiger partial charge < -0.3 is 16.0 Å². The minimum absolute atomic E-state index is 0.820. The maximum atomic E-state index is 6.04. The quantitative estimate of drug-likeness (QED) is 0.366. The Hall–Kier alpha value is -2.16. The fourth-order valence-electron chi connectivity index (χ4n) is 3.77.